The smallest absolute Gasteiger partial charge is 0.130 e. The highest BCUT2D eigenvalue weighted by molar-refractivity contribution is 5.19. The van der Waals surface area contributed by atoms with Crippen LogP contribution in [0.3, 0.4) is 0 Å². The lowest BCUT2D eigenvalue weighted by atomic mass is 10.1. The molecule has 2 aromatic rings. The molecule has 2 N–H and O–H groups in total. The molecule has 0 aliphatic rings. The van der Waals surface area contributed by atoms with Crippen molar-refractivity contribution in [3.8, 4) is 0 Å². The summed E-state index contributed by atoms with van der Waals surface area (Å²) in [5, 5.41) is 12.4. The van der Waals surface area contributed by atoms with Gasteiger partial charge in [-0.05, 0) is 18.1 Å². The largest absolute Gasteiger partial charge is 0.395 e. The first-order valence-electron chi connectivity index (χ1n) is 6.51. The minimum atomic E-state index is -0.589. The predicted octanol–water partition coefficient (Wildman–Crippen LogP) is 2.66. The van der Waals surface area contributed by atoms with Crippen LogP contribution in [0, 0.1) is 11.6 Å². The lowest BCUT2D eigenvalue weighted by Crippen LogP contribution is -2.34. The van der Waals surface area contributed by atoms with Crippen LogP contribution >= 0.6 is 0 Å². The SMILES string of the molecule is OC[C@H](Cc1ccccc1)NCc1ccc(F)cc1F. The van der Waals surface area contributed by atoms with Crippen molar-refractivity contribution in [1.82, 2.24) is 5.32 Å². The van der Waals surface area contributed by atoms with Crippen LogP contribution in [0.4, 0.5) is 8.78 Å². The molecule has 2 rings (SSSR count). The molecular formula is C16H17F2NO. The third-order valence-electron chi connectivity index (χ3n) is 3.14. The van der Waals surface area contributed by atoms with E-state index < -0.39 is 11.6 Å². The van der Waals surface area contributed by atoms with E-state index in [4.69, 9.17) is 0 Å². The zero-order chi connectivity index (χ0) is 14.4. The Balaban J connectivity index is 1.93. The van der Waals surface area contributed by atoms with Gasteiger partial charge < -0.3 is 10.4 Å². The van der Waals surface area contributed by atoms with E-state index in [1.54, 1.807) is 0 Å². The van der Waals surface area contributed by atoms with Crippen molar-refractivity contribution < 1.29 is 13.9 Å². The molecule has 0 bridgehead atoms. The lowest BCUT2D eigenvalue weighted by molar-refractivity contribution is 0.240. The molecule has 106 valence electrons. The summed E-state index contributed by atoms with van der Waals surface area (Å²) in [7, 11) is 0. The van der Waals surface area contributed by atoms with Crippen LogP contribution in [-0.4, -0.2) is 17.8 Å². The summed E-state index contributed by atoms with van der Waals surface area (Å²) in [6.45, 7) is 0.210. The maximum Gasteiger partial charge on any atom is 0.130 e. The topological polar surface area (TPSA) is 32.3 Å². The quantitative estimate of drug-likeness (QED) is 0.851. The molecule has 0 radical (unpaired) electrons. The maximum atomic E-state index is 13.5. The second-order valence-corrected chi connectivity index (χ2v) is 4.69. The van der Waals surface area contributed by atoms with E-state index in [-0.39, 0.29) is 19.2 Å². The number of aliphatic hydroxyl groups excluding tert-OH is 1. The number of halogens is 2. The fraction of sp³-hybridized carbons (Fsp3) is 0.250. The van der Waals surface area contributed by atoms with Crippen molar-refractivity contribution in [2.24, 2.45) is 0 Å². The van der Waals surface area contributed by atoms with E-state index in [9.17, 15) is 13.9 Å². The molecule has 2 nitrogen and oxygen atoms in total. The third-order valence-corrected chi connectivity index (χ3v) is 3.14. The Morgan fingerprint density at radius 3 is 2.45 bits per heavy atom. The number of rotatable bonds is 6. The van der Waals surface area contributed by atoms with Crippen LogP contribution in [0.5, 0.6) is 0 Å². The number of aliphatic hydroxyl groups is 1. The maximum absolute atomic E-state index is 13.5. The molecule has 0 aromatic heterocycles. The zero-order valence-corrected chi connectivity index (χ0v) is 11.0. The number of hydrogen-bond donors (Lipinski definition) is 2. The van der Waals surface area contributed by atoms with Gasteiger partial charge in [0.05, 0.1) is 6.61 Å². The molecule has 0 fully saturated rings. The van der Waals surface area contributed by atoms with Gasteiger partial charge in [-0.1, -0.05) is 36.4 Å². The second kappa shape index (κ2) is 7.12. The van der Waals surface area contributed by atoms with Gasteiger partial charge >= 0.3 is 0 Å². The van der Waals surface area contributed by atoms with Gasteiger partial charge in [0.25, 0.3) is 0 Å². The molecule has 0 heterocycles. The number of nitrogens with one attached hydrogen (secondary N) is 1. The summed E-state index contributed by atoms with van der Waals surface area (Å²) in [4.78, 5) is 0. The van der Waals surface area contributed by atoms with E-state index >= 15 is 0 Å². The van der Waals surface area contributed by atoms with E-state index in [0.29, 0.717) is 12.0 Å². The van der Waals surface area contributed by atoms with E-state index in [1.807, 2.05) is 30.3 Å². The van der Waals surface area contributed by atoms with E-state index in [2.05, 4.69) is 5.32 Å². The average molecular weight is 277 g/mol. The molecule has 0 saturated carbocycles. The Labute approximate surface area is 117 Å². The third kappa shape index (κ3) is 4.11. The average Bonchev–Trinajstić information content (AvgIpc) is 2.46. The molecule has 0 aliphatic heterocycles. The standard InChI is InChI=1S/C16H17F2NO/c17-14-7-6-13(16(18)9-14)10-19-15(11-20)8-12-4-2-1-3-5-12/h1-7,9,15,19-20H,8,10-11H2/t15-/m0/s1. The Morgan fingerprint density at radius 2 is 1.80 bits per heavy atom. The molecule has 4 heteroatoms. The van der Waals surface area contributed by atoms with Gasteiger partial charge in [-0.25, -0.2) is 8.78 Å². The Morgan fingerprint density at radius 1 is 1.05 bits per heavy atom. The van der Waals surface area contributed by atoms with Crippen molar-refractivity contribution >= 4 is 0 Å². The molecule has 0 amide bonds. The van der Waals surface area contributed by atoms with Crippen LogP contribution in [0.25, 0.3) is 0 Å². The van der Waals surface area contributed by atoms with Crippen LogP contribution in [0.1, 0.15) is 11.1 Å². The minimum Gasteiger partial charge on any atom is -0.395 e. The highest BCUT2D eigenvalue weighted by Crippen LogP contribution is 2.10. The lowest BCUT2D eigenvalue weighted by Gasteiger charge is -2.16. The normalized spacial score (nSPS) is 12.3. The molecule has 2 aromatic carbocycles. The fourth-order valence-corrected chi connectivity index (χ4v) is 2.02. The minimum absolute atomic E-state index is 0.0439. The van der Waals surface area contributed by atoms with Crippen LogP contribution in [0.2, 0.25) is 0 Å². The van der Waals surface area contributed by atoms with Crippen LogP contribution in [0.15, 0.2) is 48.5 Å². The monoisotopic (exact) mass is 277 g/mol. The highest BCUT2D eigenvalue weighted by atomic mass is 19.1. The number of benzene rings is 2. The van der Waals surface area contributed by atoms with Gasteiger partial charge in [-0.3, -0.25) is 0 Å². The first-order chi connectivity index (χ1) is 9.69. The molecule has 0 saturated heterocycles. The van der Waals surface area contributed by atoms with Crippen molar-refractivity contribution in [3.05, 3.63) is 71.3 Å². The van der Waals surface area contributed by atoms with Crippen molar-refractivity contribution in [1.29, 1.82) is 0 Å². The van der Waals surface area contributed by atoms with Crippen molar-refractivity contribution in [2.75, 3.05) is 6.61 Å². The molecule has 0 aliphatic carbocycles. The summed E-state index contributed by atoms with van der Waals surface area (Å²) in [5.74, 6) is -1.16. The second-order valence-electron chi connectivity index (χ2n) is 4.69. The van der Waals surface area contributed by atoms with Crippen LogP contribution < -0.4 is 5.32 Å². The van der Waals surface area contributed by atoms with E-state index in [0.717, 1.165) is 11.6 Å². The van der Waals surface area contributed by atoms with Gasteiger partial charge in [0.15, 0.2) is 0 Å². The first-order valence-corrected chi connectivity index (χ1v) is 6.51. The molecule has 0 unspecified atom stereocenters. The summed E-state index contributed by atoms with van der Waals surface area (Å²) >= 11 is 0. The summed E-state index contributed by atoms with van der Waals surface area (Å²) in [6, 6.07) is 13.1. The van der Waals surface area contributed by atoms with E-state index in [1.165, 1.54) is 12.1 Å². The predicted molar refractivity (Wildman–Crippen MR) is 74.2 cm³/mol. The Bertz CT molecular complexity index is 545. The van der Waals surface area contributed by atoms with Crippen molar-refractivity contribution in [2.45, 2.75) is 19.0 Å². The van der Waals surface area contributed by atoms with Gasteiger partial charge in [0.1, 0.15) is 11.6 Å². The van der Waals surface area contributed by atoms with Gasteiger partial charge in [0.2, 0.25) is 0 Å². The Kier molecular flexibility index (Phi) is 5.21. The molecular weight excluding hydrogens is 260 g/mol. The number of hydrogen-bond acceptors (Lipinski definition) is 2. The zero-order valence-electron chi connectivity index (χ0n) is 11.0. The van der Waals surface area contributed by atoms with Crippen molar-refractivity contribution in [3.63, 3.8) is 0 Å². The summed E-state index contributed by atoms with van der Waals surface area (Å²) in [6.07, 6.45) is 0.653. The van der Waals surface area contributed by atoms with Gasteiger partial charge in [0, 0.05) is 24.2 Å². The highest BCUT2D eigenvalue weighted by Gasteiger charge is 2.10. The fourth-order valence-electron chi connectivity index (χ4n) is 2.02. The van der Waals surface area contributed by atoms with Crippen LogP contribution in [-0.2, 0) is 13.0 Å². The Hall–Kier alpha value is -1.78. The molecule has 0 spiro atoms. The summed E-state index contributed by atoms with van der Waals surface area (Å²) < 4.78 is 26.3. The first kappa shape index (κ1) is 14.6. The molecule has 20 heavy (non-hydrogen) atoms. The van der Waals surface area contributed by atoms with Gasteiger partial charge in [-0.15, -0.1) is 0 Å². The summed E-state index contributed by atoms with van der Waals surface area (Å²) in [5.41, 5.74) is 1.48. The molecule has 1 atom stereocenters. The van der Waals surface area contributed by atoms with Gasteiger partial charge in [-0.2, -0.15) is 0 Å².